The maximum Gasteiger partial charge on any atom is 0.253 e. The van der Waals surface area contributed by atoms with Gasteiger partial charge in [-0.15, -0.1) is 0 Å². The molecule has 7 nitrogen and oxygen atoms in total. The highest BCUT2D eigenvalue weighted by Crippen LogP contribution is 2.31. The Morgan fingerprint density at radius 3 is 2.59 bits per heavy atom. The highest BCUT2D eigenvalue weighted by Gasteiger charge is 2.42. The molecule has 2 aliphatic rings. The third-order valence-corrected chi connectivity index (χ3v) is 5.79. The second-order valence-electron chi connectivity index (χ2n) is 7.39. The third kappa shape index (κ3) is 3.52. The standard InChI is InChI=1S/C20H25N5O2/c1-24-8-9-25(14-20(24)6-10-27-11-7-20)19(26)16-4-2-15(3-5-16)17-12-22-13-18(21)23-17/h2-5,12-13H,6-11,14H2,1H3,(H2,21,23). The first kappa shape index (κ1) is 17.9. The Morgan fingerprint density at radius 2 is 1.89 bits per heavy atom. The van der Waals surface area contributed by atoms with Crippen molar-refractivity contribution in [2.75, 3.05) is 45.6 Å². The van der Waals surface area contributed by atoms with Crippen LogP contribution in [0.15, 0.2) is 36.7 Å². The number of benzene rings is 1. The molecule has 0 radical (unpaired) electrons. The van der Waals surface area contributed by atoms with Gasteiger partial charge in [-0.1, -0.05) is 12.1 Å². The summed E-state index contributed by atoms with van der Waals surface area (Å²) in [5.74, 6) is 0.464. The number of anilines is 1. The molecular formula is C20H25N5O2. The van der Waals surface area contributed by atoms with Gasteiger partial charge in [-0.2, -0.15) is 0 Å². The lowest BCUT2D eigenvalue weighted by Crippen LogP contribution is -2.63. The van der Waals surface area contributed by atoms with Crippen molar-refractivity contribution in [3.05, 3.63) is 42.2 Å². The summed E-state index contributed by atoms with van der Waals surface area (Å²) in [6.45, 7) is 3.93. The van der Waals surface area contributed by atoms with Crippen LogP contribution in [-0.2, 0) is 4.74 Å². The van der Waals surface area contributed by atoms with E-state index >= 15 is 0 Å². The highest BCUT2D eigenvalue weighted by molar-refractivity contribution is 5.94. The van der Waals surface area contributed by atoms with Gasteiger partial charge in [0.15, 0.2) is 0 Å². The van der Waals surface area contributed by atoms with Gasteiger partial charge in [-0.05, 0) is 32.0 Å². The lowest BCUT2D eigenvalue weighted by atomic mass is 9.85. The minimum atomic E-state index is 0.0449. The van der Waals surface area contributed by atoms with Crippen LogP contribution < -0.4 is 5.73 Å². The van der Waals surface area contributed by atoms with Gasteiger partial charge in [0.05, 0.1) is 18.1 Å². The number of aromatic nitrogens is 2. The second-order valence-corrected chi connectivity index (χ2v) is 7.39. The average molecular weight is 367 g/mol. The Labute approximate surface area is 159 Å². The van der Waals surface area contributed by atoms with Gasteiger partial charge in [-0.3, -0.25) is 14.7 Å². The van der Waals surface area contributed by atoms with Crippen molar-refractivity contribution in [1.82, 2.24) is 19.8 Å². The Bertz CT molecular complexity index is 817. The number of hydrogen-bond donors (Lipinski definition) is 1. The van der Waals surface area contributed by atoms with E-state index in [4.69, 9.17) is 10.5 Å². The van der Waals surface area contributed by atoms with E-state index in [2.05, 4.69) is 21.9 Å². The number of amides is 1. The van der Waals surface area contributed by atoms with Crippen LogP contribution in [0.5, 0.6) is 0 Å². The lowest BCUT2D eigenvalue weighted by Gasteiger charge is -2.51. The van der Waals surface area contributed by atoms with Crippen LogP contribution in [0.25, 0.3) is 11.3 Å². The molecule has 0 saturated carbocycles. The van der Waals surface area contributed by atoms with Crippen LogP contribution in [0, 0.1) is 0 Å². The van der Waals surface area contributed by atoms with Gasteiger partial charge in [-0.25, -0.2) is 4.98 Å². The first-order valence-corrected chi connectivity index (χ1v) is 9.34. The molecule has 0 atom stereocenters. The van der Waals surface area contributed by atoms with Crippen molar-refractivity contribution in [2.45, 2.75) is 18.4 Å². The number of rotatable bonds is 2. The predicted octanol–water partition coefficient (Wildman–Crippen LogP) is 1.66. The monoisotopic (exact) mass is 367 g/mol. The van der Waals surface area contributed by atoms with Crippen LogP contribution in [0.4, 0.5) is 5.82 Å². The molecule has 142 valence electrons. The Balaban J connectivity index is 1.51. The summed E-state index contributed by atoms with van der Waals surface area (Å²) in [5.41, 5.74) is 8.04. The summed E-state index contributed by atoms with van der Waals surface area (Å²) in [5, 5.41) is 0. The summed E-state index contributed by atoms with van der Waals surface area (Å²) in [4.78, 5) is 25.8. The van der Waals surface area contributed by atoms with E-state index in [-0.39, 0.29) is 11.4 Å². The fourth-order valence-corrected chi connectivity index (χ4v) is 4.01. The quantitative estimate of drug-likeness (QED) is 0.869. The number of hydrogen-bond acceptors (Lipinski definition) is 6. The van der Waals surface area contributed by atoms with Gasteiger partial charge in [0.2, 0.25) is 0 Å². The minimum Gasteiger partial charge on any atom is -0.382 e. The van der Waals surface area contributed by atoms with E-state index in [0.717, 1.165) is 51.3 Å². The normalized spacial score (nSPS) is 20.0. The zero-order valence-corrected chi connectivity index (χ0v) is 15.6. The Kier molecular flexibility index (Phi) is 4.80. The first-order chi connectivity index (χ1) is 13.1. The number of nitrogen functional groups attached to an aromatic ring is 1. The molecule has 0 unspecified atom stereocenters. The predicted molar refractivity (Wildman–Crippen MR) is 103 cm³/mol. The maximum atomic E-state index is 13.1. The maximum absolute atomic E-state index is 13.1. The number of nitrogens with two attached hydrogens (primary N) is 1. The fraction of sp³-hybridized carbons (Fsp3) is 0.450. The molecule has 3 heterocycles. The molecule has 2 aliphatic heterocycles. The molecule has 27 heavy (non-hydrogen) atoms. The zero-order chi connectivity index (χ0) is 18.9. The summed E-state index contributed by atoms with van der Waals surface area (Å²) in [6.07, 6.45) is 5.13. The van der Waals surface area contributed by atoms with Crippen molar-refractivity contribution >= 4 is 11.7 Å². The smallest absolute Gasteiger partial charge is 0.253 e. The van der Waals surface area contributed by atoms with E-state index in [1.54, 1.807) is 6.20 Å². The van der Waals surface area contributed by atoms with Gasteiger partial charge < -0.3 is 15.4 Å². The summed E-state index contributed by atoms with van der Waals surface area (Å²) in [7, 11) is 2.16. The number of carbonyl (C=O) groups excluding carboxylic acids is 1. The van der Waals surface area contributed by atoms with E-state index in [1.807, 2.05) is 29.2 Å². The molecule has 2 aromatic rings. The fourth-order valence-electron chi connectivity index (χ4n) is 4.01. The average Bonchev–Trinajstić information content (AvgIpc) is 2.70. The van der Waals surface area contributed by atoms with Crippen molar-refractivity contribution in [1.29, 1.82) is 0 Å². The lowest BCUT2D eigenvalue weighted by molar-refractivity contribution is -0.0543. The van der Waals surface area contributed by atoms with Gasteiger partial charge in [0, 0.05) is 49.5 Å². The van der Waals surface area contributed by atoms with Gasteiger partial charge in [0.25, 0.3) is 5.91 Å². The zero-order valence-electron chi connectivity index (χ0n) is 15.6. The third-order valence-electron chi connectivity index (χ3n) is 5.79. The largest absolute Gasteiger partial charge is 0.382 e. The van der Waals surface area contributed by atoms with E-state index < -0.39 is 0 Å². The molecule has 1 spiro atoms. The molecule has 1 aromatic carbocycles. The number of nitrogens with zero attached hydrogens (tertiary/aromatic N) is 4. The van der Waals surface area contributed by atoms with Crippen molar-refractivity contribution in [2.24, 2.45) is 0 Å². The van der Waals surface area contributed by atoms with Gasteiger partial charge in [0.1, 0.15) is 5.82 Å². The van der Waals surface area contributed by atoms with Gasteiger partial charge >= 0.3 is 0 Å². The van der Waals surface area contributed by atoms with Crippen molar-refractivity contribution in [3.8, 4) is 11.3 Å². The molecule has 0 bridgehead atoms. The molecule has 7 heteroatoms. The molecular weight excluding hydrogens is 342 g/mol. The van der Waals surface area contributed by atoms with Crippen LogP contribution >= 0.6 is 0 Å². The SMILES string of the molecule is CN1CCN(C(=O)c2ccc(-c3cncc(N)n3)cc2)CC12CCOCC2. The Morgan fingerprint density at radius 1 is 1.15 bits per heavy atom. The number of ether oxygens (including phenoxy) is 1. The van der Waals surface area contributed by atoms with Crippen molar-refractivity contribution < 1.29 is 9.53 Å². The van der Waals surface area contributed by atoms with Crippen LogP contribution in [-0.4, -0.2) is 71.1 Å². The molecule has 1 aromatic heterocycles. The second kappa shape index (κ2) is 7.25. The number of likely N-dealkylation sites (N-methyl/N-ethyl adjacent to an activating group) is 1. The van der Waals surface area contributed by atoms with Crippen LogP contribution in [0.2, 0.25) is 0 Å². The van der Waals surface area contributed by atoms with E-state index in [1.165, 1.54) is 6.20 Å². The molecule has 2 fully saturated rings. The Hall–Kier alpha value is -2.51. The summed E-state index contributed by atoms with van der Waals surface area (Å²) >= 11 is 0. The summed E-state index contributed by atoms with van der Waals surface area (Å²) < 4.78 is 5.54. The number of piperazine rings is 1. The molecule has 0 aliphatic carbocycles. The molecule has 2 saturated heterocycles. The van der Waals surface area contributed by atoms with Crippen LogP contribution in [0.1, 0.15) is 23.2 Å². The summed E-state index contributed by atoms with van der Waals surface area (Å²) in [6, 6.07) is 7.52. The first-order valence-electron chi connectivity index (χ1n) is 9.34. The topological polar surface area (TPSA) is 84.6 Å². The van der Waals surface area contributed by atoms with Crippen LogP contribution in [0.3, 0.4) is 0 Å². The van der Waals surface area contributed by atoms with E-state index in [0.29, 0.717) is 17.1 Å². The highest BCUT2D eigenvalue weighted by atomic mass is 16.5. The van der Waals surface area contributed by atoms with Crippen molar-refractivity contribution in [3.63, 3.8) is 0 Å². The van der Waals surface area contributed by atoms with E-state index in [9.17, 15) is 4.79 Å². The molecule has 2 N–H and O–H groups in total. The minimum absolute atomic E-state index is 0.0449. The number of carbonyl (C=O) groups is 1. The molecule has 1 amide bonds. The molecule has 4 rings (SSSR count).